The molecule has 1 atom stereocenters. The van der Waals surface area contributed by atoms with Crippen LogP contribution < -0.4 is 10.2 Å². The van der Waals surface area contributed by atoms with E-state index in [2.05, 4.69) is 10.3 Å². The normalized spacial score (nSPS) is 16.5. The smallest absolute Gasteiger partial charge is 0.339 e. The highest BCUT2D eigenvalue weighted by Gasteiger charge is 2.21. The third-order valence-electron chi connectivity index (χ3n) is 3.48. The molecule has 114 valence electrons. The van der Waals surface area contributed by atoms with Gasteiger partial charge in [-0.05, 0) is 18.7 Å². The molecule has 0 bridgehead atoms. The number of carboxylic acids is 1. The second kappa shape index (κ2) is 7.14. The van der Waals surface area contributed by atoms with Crippen LogP contribution in [0.5, 0.6) is 0 Å². The first-order valence-electron chi connectivity index (χ1n) is 6.88. The summed E-state index contributed by atoms with van der Waals surface area (Å²) < 4.78 is 5.28. The van der Waals surface area contributed by atoms with E-state index in [9.17, 15) is 9.90 Å². The van der Waals surface area contributed by atoms with Gasteiger partial charge in [-0.25, -0.2) is 9.78 Å². The van der Waals surface area contributed by atoms with Gasteiger partial charge in [0, 0.05) is 38.0 Å². The summed E-state index contributed by atoms with van der Waals surface area (Å²) in [5.41, 5.74) is 0.908. The number of rotatable bonds is 6. The maximum Gasteiger partial charge on any atom is 0.339 e. The first-order chi connectivity index (χ1) is 10.2. The predicted molar refractivity (Wildman–Crippen MR) is 79.7 cm³/mol. The van der Waals surface area contributed by atoms with Crippen molar-refractivity contribution in [3.63, 3.8) is 0 Å². The van der Waals surface area contributed by atoms with Crippen molar-refractivity contribution in [2.75, 3.05) is 44.8 Å². The van der Waals surface area contributed by atoms with Gasteiger partial charge in [-0.1, -0.05) is 0 Å². The summed E-state index contributed by atoms with van der Waals surface area (Å²) in [5, 5.41) is 19.9. The van der Waals surface area contributed by atoms with Crippen molar-refractivity contribution in [1.82, 2.24) is 10.3 Å². The number of hydrogen-bond donors (Lipinski definition) is 3. The number of anilines is 1. The van der Waals surface area contributed by atoms with Gasteiger partial charge in [0.2, 0.25) is 0 Å². The Hall–Kier alpha value is -1.99. The largest absolute Gasteiger partial charge is 0.478 e. The molecule has 3 N–H and O–H groups in total. The van der Waals surface area contributed by atoms with Crippen molar-refractivity contribution < 1.29 is 14.6 Å². The molecule has 0 unspecified atom stereocenters. The Bertz CT molecular complexity index is 515. The Balaban J connectivity index is 2.34. The zero-order chi connectivity index (χ0) is 15.2. The second-order valence-corrected chi connectivity index (χ2v) is 4.88. The van der Waals surface area contributed by atoms with Crippen LogP contribution in [0.15, 0.2) is 12.3 Å². The molecule has 0 aromatic carbocycles. The van der Waals surface area contributed by atoms with Crippen molar-refractivity contribution in [1.29, 1.82) is 5.41 Å². The van der Waals surface area contributed by atoms with E-state index in [0.29, 0.717) is 38.7 Å². The summed E-state index contributed by atoms with van der Waals surface area (Å²) in [5.74, 6) is -0.707. The SMILES string of the molecule is CNC[C@H](C=N)c1cnc(N2CCOCC2)c(C(=O)O)c1. The molecule has 1 aliphatic rings. The fourth-order valence-corrected chi connectivity index (χ4v) is 2.35. The number of morpholine rings is 1. The number of aromatic carboxylic acids is 1. The highest BCUT2D eigenvalue weighted by Crippen LogP contribution is 2.23. The van der Waals surface area contributed by atoms with Crippen LogP contribution in [-0.2, 0) is 4.74 Å². The molecule has 1 aliphatic heterocycles. The van der Waals surface area contributed by atoms with E-state index in [-0.39, 0.29) is 11.5 Å². The average molecular weight is 292 g/mol. The van der Waals surface area contributed by atoms with Gasteiger partial charge in [0.15, 0.2) is 0 Å². The van der Waals surface area contributed by atoms with E-state index < -0.39 is 5.97 Å². The molecule has 1 fully saturated rings. The number of pyridine rings is 1. The van der Waals surface area contributed by atoms with E-state index in [1.165, 1.54) is 6.21 Å². The minimum absolute atomic E-state index is 0.178. The molecule has 0 amide bonds. The van der Waals surface area contributed by atoms with E-state index in [1.807, 2.05) is 4.90 Å². The summed E-state index contributed by atoms with van der Waals surface area (Å²) >= 11 is 0. The molecule has 2 heterocycles. The van der Waals surface area contributed by atoms with Crippen LogP contribution in [0, 0.1) is 5.41 Å². The zero-order valence-corrected chi connectivity index (χ0v) is 12.0. The molecule has 1 aromatic rings. The third kappa shape index (κ3) is 3.56. The summed E-state index contributed by atoms with van der Waals surface area (Å²) in [7, 11) is 1.80. The maximum absolute atomic E-state index is 11.5. The minimum Gasteiger partial charge on any atom is -0.478 e. The van der Waals surface area contributed by atoms with Crippen LogP contribution in [0.2, 0.25) is 0 Å². The first-order valence-corrected chi connectivity index (χ1v) is 6.88. The van der Waals surface area contributed by atoms with E-state index in [4.69, 9.17) is 10.1 Å². The molecule has 2 rings (SSSR count). The van der Waals surface area contributed by atoms with Gasteiger partial charge >= 0.3 is 5.97 Å². The monoisotopic (exact) mass is 292 g/mol. The maximum atomic E-state index is 11.5. The Morgan fingerprint density at radius 1 is 1.62 bits per heavy atom. The molecular formula is C14H20N4O3. The van der Waals surface area contributed by atoms with E-state index in [0.717, 1.165) is 5.56 Å². The number of carboxylic acid groups (broad SMARTS) is 1. The molecular weight excluding hydrogens is 272 g/mol. The minimum atomic E-state index is -1.00. The zero-order valence-electron chi connectivity index (χ0n) is 12.0. The van der Waals surface area contributed by atoms with E-state index >= 15 is 0 Å². The fourth-order valence-electron chi connectivity index (χ4n) is 2.35. The first kappa shape index (κ1) is 15.4. The lowest BCUT2D eigenvalue weighted by Gasteiger charge is -2.29. The summed E-state index contributed by atoms with van der Waals surface area (Å²) in [6.07, 6.45) is 2.96. The standard InChI is InChI=1S/C14H20N4O3/c1-16-8-11(7-15)10-6-12(14(19)20)13(17-9-10)18-2-4-21-5-3-18/h6-7,9,11,15-16H,2-5,8H2,1H3,(H,19,20)/t11-/m0/s1. The molecule has 0 aliphatic carbocycles. The molecule has 7 heteroatoms. The van der Waals surface area contributed by atoms with Gasteiger partial charge in [-0.2, -0.15) is 0 Å². The summed E-state index contributed by atoms with van der Waals surface area (Å²) in [6, 6.07) is 1.62. The van der Waals surface area contributed by atoms with Gasteiger partial charge < -0.3 is 25.5 Å². The highest BCUT2D eigenvalue weighted by atomic mass is 16.5. The van der Waals surface area contributed by atoms with E-state index in [1.54, 1.807) is 19.3 Å². The Morgan fingerprint density at radius 2 is 2.33 bits per heavy atom. The summed E-state index contributed by atoms with van der Waals surface area (Å²) in [4.78, 5) is 17.8. The fraction of sp³-hybridized carbons (Fsp3) is 0.500. The quantitative estimate of drug-likeness (QED) is 0.663. The van der Waals surface area contributed by atoms with Crippen molar-refractivity contribution in [3.8, 4) is 0 Å². The Labute approximate surface area is 123 Å². The number of hydrogen-bond acceptors (Lipinski definition) is 6. The predicted octanol–water partition coefficient (Wildman–Crippen LogP) is 0.569. The van der Waals surface area contributed by atoms with Crippen LogP contribution >= 0.6 is 0 Å². The second-order valence-electron chi connectivity index (χ2n) is 4.88. The Kier molecular flexibility index (Phi) is 5.24. The molecule has 1 aromatic heterocycles. The van der Waals surface area contributed by atoms with Crippen molar-refractivity contribution >= 4 is 18.0 Å². The number of ether oxygens (including phenoxy) is 1. The number of carbonyl (C=O) groups is 1. The topological polar surface area (TPSA) is 98.5 Å². The highest BCUT2D eigenvalue weighted by molar-refractivity contribution is 5.93. The lowest BCUT2D eigenvalue weighted by molar-refractivity contribution is 0.0695. The van der Waals surface area contributed by atoms with Crippen molar-refractivity contribution in [2.24, 2.45) is 0 Å². The number of aromatic nitrogens is 1. The van der Waals surface area contributed by atoms with Crippen LogP contribution in [0.25, 0.3) is 0 Å². The van der Waals surface area contributed by atoms with Crippen LogP contribution in [-0.4, -0.2) is 62.2 Å². The Morgan fingerprint density at radius 3 is 2.90 bits per heavy atom. The van der Waals surface area contributed by atoms with Gasteiger partial charge in [0.25, 0.3) is 0 Å². The van der Waals surface area contributed by atoms with Crippen molar-refractivity contribution in [2.45, 2.75) is 5.92 Å². The number of nitrogens with zero attached hydrogens (tertiary/aromatic N) is 2. The number of nitrogens with one attached hydrogen (secondary N) is 2. The lowest BCUT2D eigenvalue weighted by atomic mass is 10.00. The average Bonchev–Trinajstić information content (AvgIpc) is 2.53. The third-order valence-corrected chi connectivity index (χ3v) is 3.48. The summed E-state index contributed by atoms with van der Waals surface area (Å²) in [6.45, 7) is 2.99. The van der Waals surface area contributed by atoms with Crippen LogP contribution in [0.4, 0.5) is 5.82 Å². The van der Waals surface area contributed by atoms with Crippen molar-refractivity contribution in [3.05, 3.63) is 23.4 Å². The molecule has 0 spiro atoms. The molecule has 7 nitrogen and oxygen atoms in total. The molecule has 0 radical (unpaired) electrons. The van der Waals surface area contributed by atoms with Gasteiger partial charge in [-0.15, -0.1) is 0 Å². The lowest BCUT2D eigenvalue weighted by Crippen LogP contribution is -2.37. The molecule has 1 saturated heterocycles. The van der Waals surface area contributed by atoms with Gasteiger partial charge in [0.1, 0.15) is 11.4 Å². The molecule has 0 saturated carbocycles. The van der Waals surface area contributed by atoms with Crippen LogP contribution in [0.1, 0.15) is 21.8 Å². The number of likely N-dealkylation sites (N-methyl/N-ethyl adjacent to an activating group) is 1. The van der Waals surface area contributed by atoms with Gasteiger partial charge in [0.05, 0.1) is 13.2 Å². The van der Waals surface area contributed by atoms with Gasteiger partial charge in [-0.3, -0.25) is 0 Å². The van der Waals surface area contributed by atoms with Crippen LogP contribution in [0.3, 0.4) is 0 Å². The molecule has 21 heavy (non-hydrogen) atoms.